The molecular weight excluding hydrogens is 480 g/mol. The lowest BCUT2D eigenvalue weighted by Crippen LogP contribution is -2.32. The lowest BCUT2D eigenvalue weighted by atomic mass is 9.94. The van der Waals surface area contributed by atoms with Crippen LogP contribution >= 0.6 is 11.3 Å². The van der Waals surface area contributed by atoms with Crippen molar-refractivity contribution < 1.29 is 29.3 Å². The first-order chi connectivity index (χ1) is 17.4. The maximum absolute atomic E-state index is 13.9. The highest BCUT2D eigenvalue weighted by Gasteiger charge is 2.44. The average Bonchev–Trinajstić information content (AvgIpc) is 3.39. The molecule has 1 amide bonds. The molecule has 1 aliphatic heterocycles. The summed E-state index contributed by atoms with van der Waals surface area (Å²) in [7, 11) is 1.57. The normalized spacial score (nSPS) is 15.6. The number of phenolic OH excluding ortho intramolecular Hbond substituents is 1. The number of ketones is 1. The Bertz CT molecular complexity index is 1300. The second-order valence-corrected chi connectivity index (χ2v) is 9.30. The second kappa shape index (κ2) is 10.9. The van der Waals surface area contributed by atoms with E-state index in [1.165, 1.54) is 22.3 Å². The molecule has 0 saturated heterocycles. The van der Waals surface area contributed by atoms with Crippen LogP contribution < -0.4 is 4.74 Å². The summed E-state index contributed by atoms with van der Waals surface area (Å²) in [6.07, 6.45) is 0.516. The predicted molar refractivity (Wildman–Crippen MR) is 136 cm³/mol. The fourth-order valence-electron chi connectivity index (χ4n) is 4.25. The van der Waals surface area contributed by atoms with Gasteiger partial charge < -0.3 is 24.6 Å². The SMILES string of the molecule is CCOc1cc(C2C(C(=O)c3sc(-c4ccccc4)nc3C)=C(O)C(=O)N2CCCOC)ccc1O. The Hall–Kier alpha value is -3.69. The van der Waals surface area contributed by atoms with Gasteiger partial charge in [0.1, 0.15) is 5.01 Å². The number of aromatic hydroxyl groups is 1. The van der Waals surface area contributed by atoms with Crippen LogP contribution in [0, 0.1) is 6.92 Å². The number of nitrogens with zero attached hydrogens (tertiary/aromatic N) is 2. The van der Waals surface area contributed by atoms with Crippen LogP contribution in [0.5, 0.6) is 11.5 Å². The Balaban J connectivity index is 1.78. The Kier molecular flexibility index (Phi) is 7.71. The van der Waals surface area contributed by atoms with Gasteiger partial charge in [0.05, 0.1) is 28.8 Å². The van der Waals surface area contributed by atoms with Crippen molar-refractivity contribution >= 4 is 23.0 Å². The molecule has 36 heavy (non-hydrogen) atoms. The van der Waals surface area contributed by atoms with Crippen molar-refractivity contribution in [1.29, 1.82) is 0 Å². The van der Waals surface area contributed by atoms with Crippen molar-refractivity contribution in [3.63, 3.8) is 0 Å². The van der Waals surface area contributed by atoms with Gasteiger partial charge in [-0.2, -0.15) is 0 Å². The number of rotatable bonds is 10. The zero-order valence-corrected chi connectivity index (χ0v) is 21.2. The summed E-state index contributed by atoms with van der Waals surface area (Å²) >= 11 is 1.22. The van der Waals surface area contributed by atoms with Gasteiger partial charge in [-0.1, -0.05) is 36.4 Å². The number of benzene rings is 2. The number of aromatic nitrogens is 1. The van der Waals surface area contributed by atoms with E-state index in [2.05, 4.69) is 4.98 Å². The average molecular weight is 509 g/mol. The van der Waals surface area contributed by atoms with Gasteiger partial charge in [-0.15, -0.1) is 11.3 Å². The number of ether oxygens (including phenoxy) is 2. The molecule has 9 heteroatoms. The Morgan fingerprint density at radius 2 is 1.92 bits per heavy atom. The first-order valence-electron chi connectivity index (χ1n) is 11.6. The van der Waals surface area contributed by atoms with Gasteiger partial charge in [-0.25, -0.2) is 4.98 Å². The summed E-state index contributed by atoms with van der Waals surface area (Å²) in [6, 6.07) is 13.3. The third-order valence-electron chi connectivity index (χ3n) is 5.92. The van der Waals surface area contributed by atoms with Gasteiger partial charge in [-0.3, -0.25) is 9.59 Å². The summed E-state index contributed by atoms with van der Waals surface area (Å²) in [6.45, 7) is 4.53. The zero-order valence-electron chi connectivity index (χ0n) is 20.4. The number of methoxy groups -OCH3 is 1. The molecule has 3 aromatic rings. The molecule has 4 rings (SSSR count). The second-order valence-electron chi connectivity index (χ2n) is 8.30. The molecule has 8 nitrogen and oxygen atoms in total. The minimum absolute atomic E-state index is 0.0167. The third-order valence-corrected chi connectivity index (χ3v) is 7.12. The number of hydrogen-bond donors (Lipinski definition) is 2. The molecule has 2 N–H and O–H groups in total. The highest BCUT2D eigenvalue weighted by Crippen LogP contribution is 2.43. The minimum atomic E-state index is -0.858. The number of aryl methyl sites for hydroxylation is 1. The molecule has 2 heterocycles. The molecule has 1 aromatic heterocycles. The molecule has 1 unspecified atom stereocenters. The van der Waals surface area contributed by atoms with E-state index in [4.69, 9.17) is 9.47 Å². The van der Waals surface area contributed by atoms with Gasteiger partial charge in [0.15, 0.2) is 17.3 Å². The number of aliphatic hydroxyl groups excluding tert-OH is 1. The summed E-state index contributed by atoms with van der Waals surface area (Å²) in [5.74, 6) is -1.48. The molecule has 1 atom stereocenters. The zero-order chi connectivity index (χ0) is 25.8. The number of carbonyl (C=O) groups excluding carboxylic acids is 2. The predicted octanol–water partition coefficient (Wildman–Crippen LogP) is 4.84. The third kappa shape index (κ3) is 4.84. The number of hydrogen-bond acceptors (Lipinski definition) is 8. The standard InChI is InChI=1S/C27H28N2O6S/c1-4-35-20-15-18(11-12-19(20)30)22-21(24(32)27(33)29(22)13-8-14-34-3)23(31)25-16(2)28-26(36-25)17-9-6-5-7-10-17/h5-7,9-12,15,22,30,32H,4,8,13-14H2,1-3H3. The highest BCUT2D eigenvalue weighted by molar-refractivity contribution is 7.17. The quantitative estimate of drug-likeness (QED) is 0.298. The van der Waals surface area contributed by atoms with E-state index < -0.39 is 23.5 Å². The van der Waals surface area contributed by atoms with Crippen LogP contribution in [0.4, 0.5) is 0 Å². The van der Waals surface area contributed by atoms with Crippen LogP contribution in [-0.2, 0) is 9.53 Å². The molecule has 0 radical (unpaired) electrons. The molecule has 0 bridgehead atoms. The summed E-state index contributed by atoms with van der Waals surface area (Å²) in [5.41, 5.74) is 1.92. The monoisotopic (exact) mass is 508 g/mol. The number of carbonyl (C=O) groups is 2. The molecule has 1 aliphatic rings. The number of amides is 1. The van der Waals surface area contributed by atoms with Crippen LogP contribution in [-0.4, -0.2) is 58.7 Å². The Morgan fingerprint density at radius 3 is 2.61 bits per heavy atom. The topological polar surface area (TPSA) is 109 Å². The van der Waals surface area contributed by atoms with E-state index in [0.29, 0.717) is 40.8 Å². The smallest absolute Gasteiger partial charge is 0.290 e. The van der Waals surface area contributed by atoms with Gasteiger partial charge in [0.2, 0.25) is 5.78 Å². The van der Waals surface area contributed by atoms with E-state index in [-0.39, 0.29) is 23.6 Å². The van der Waals surface area contributed by atoms with E-state index in [0.717, 1.165) is 5.56 Å². The van der Waals surface area contributed by atoms with Gasteiger partial charge >= 0.3 is 0 Å². The number of Topliss-reactive ketones (excluding diaryl/α,β-unsaturated/α-hetero) is 1. The molecule has 0 fully saturated rings. The van der Waals surface area contributed by atoms with Crippen molar-refractivity contribution in [1.82, 2.24) is 9.88 Å². The number of phenols is 1. The molecule has 2 aromatic carbocycles. The van der Waals surface area contributed by atoms with Gasteiger partial charge in [0, 0.05) is 25.8 Å². The fourth-order valence-corrected chi connectivity index (χ4v) is 5.27. The lowest BCUT2D eigenvalue weighted by Gasteiger charge is -2.27. The van der Waals surface area contributed by atoms with Crippen LogP contribution in [0.3, 0.4) is 0 Å². The summed E-state index contributed by atoms with van der Waals surface area (Å²) in [4.78, 5) is 33.4. The van der Waals surface area contributed by atoms with Crippen molar-refractivity contribution in [2.45, 2.75) is 26.3 Å². The minimum Gasteiger partial charge on any atom is -0.504 e. The fraction of sp³-hybridized carbons (Fsp3) is 0.296. The molecule has 0 saturated carbocycles. The van der Waals surface area contributed by atoms with Gasteiger partial charge in [-0.05, 0) is 38.0 Å². The largest absolute Gasteiger partial charge is 0.504 e. The van der Waals surface area contributed by atoms with Crippen molar-refractivity contribution in [3.05, 3.63) is 76.0 Å². The first-order valence-corrected chi connectivity index (χ1v) is 12.4. The lowest BCUT2D eigenvalue weighted by molar-refractivity contribution is -0.129. The van der Waals surface area contributed by atoms with E-state index in [1.807, 2.05) is 30.3 Å². The molecule has 0 aliphatic carbocycles. The van der Waals surface area contributed by atoms with Crippen molar-refractivity contribution in [2.75, 3.05) is 26.9 Å². The molecular formula is C27H28N2O6S. The van der Waals surface area contributed by atoms with Crippen molar-refractivity contribution in [2.24, 2.45) is 0 Å². The van der Waals surface area contributed by atoms with Crippen LogP contribution in [0.1, 0.15) is 40.3 Å². The highest BCUT2D eigenvalue weighted by atomic mass is 32.1. The Labute approximate surface area is 213 Å². The maximum Gasteiger partial charge on any atom is 0.290 e. The van der Waals surface area contributed by atoms with E-state index in [1.54, 1.807) is 33.1 Å². The Morgan fingerprint density at radius 1 is 1.17 bits per heavy atom. The van der Waals surface area contributed by atoms with E-state index in [9.17, 15) is 19.8 Å². The first kappa shape index (κ1) is 25.4. The van der Waals surface area contributed by atoms with E-state index >= 15 is 0 Å². The molecule has 188 valence electrons. The van der Waals surface area contributed by atoms with Gasteiger partial charge in [0.25, 0.3) is 5.91 Å². The number of aliphatic hydroxyl groups is 1. The van der Waals surface area contributed by atoms with Crippen LogP contribution in [0.25, 0.3) is 10.6 Å². The number of thiazole rings is 1. The van der Waals surface area contributed by atoms with Crippen LogP contribution in [0.2, 0.25) is 0 Å². The van der Waals surface area contributed by atoms with Crippen molar-refractivity contribution in [3.8, 4) is 22.1 Å². The van der Waals surface area contributed by atoms with Crippen LogP contribution in [0.15, 0.2) is 59.9 Å². The molecule has 0 spiro atoms. The summed E-state index contributed by atoms with van der Waals surface area (Å²) < 4.78 is 10.7. The maximum atomic E-state index is 13.9. The summed E-state index contributed by atoms with van der Waals surface area (Å²) in [5, 5.41) is 21.8.